The van der Waals surface area contributed by atoms with Crippen LogP contribution in [0.5, 0.6) is 0 Å². The van der Waals surface area contributed by atoms with E-state index in [-0.39, 0.29) is 26.1 Å². The van der Waals surface area contributed by atoms with E-state index < -0.39 is 44.7 Å². The van der Waals surface area contributed by atoms with E-state index in [0.717, 1.165) is 25.7 Å². The molecule has 4 atom stereocenters. The molecule has 0 rings (SSSR count). The summed E-state index contributed by atoms with van der Waals surface area (Å²) in [6, 6.07) is 0. The number of carbonyl (C=O) groups excluding carboxylic acids is 2. The van der Waals surface area contributed by atoms with Gasteiger partial charge in [0.25, 0.3) is 7.82 Å². The number of nitrogens with zero attached hydrogens (tertiary/aromatic N) is 1. The van der Waals surface area contributed by atoms with Crippen LogP contribution >= 0.6 is 7.82 Å². The summed E-state index contributed by atoms with van der Waals surface area (Å²) in [7, 11) is 1.05. The molecule has 0 aromatic heterocycles. The topological polar surface area (TPSA) is 152 Å². The molecule has 64 heavy (non-hydrogen) atoms. The second-order valence-corrected chi connectivity index (χ2v) is 19.3. The molecule has 11 nitrogen and oxygen atoms in total. The number of unbranched alkanes of at least 4 members (excludes halogenated alkanes) is 19. The molecular weight excluding hydrogens is 830 g/mol. The molecule has 0 aliphatic heterocycles. The smallest absolute Gasteiger partial charge is 0.306 e. The van der Waals surface area contributed by atoms with Gasteiger partial charge in [-0.3, -0.25) is 14.2 Å². The van der Waals surface area contributed by atoms with E-state index in [1.165, 1.54) is 96.3 Å². The van der Waals surface area contributed by atoms with E-state index in [0.29, 0.717) is 43.1 Å². The van der Waals surface area contributed by atoms with Crippen molar-refractivity contribution in [1.82, 2.24) is 0 Å². The Morgan fingerprint density at radius 2 is 1.14 bits per heavy atom. The second-order valence-electron chi connectivity index (χ2n) is 17.9. The Labute approximate surface area is 390 Å². The molecular formula is C52H92NO10P. The van der Waals surface area contributed by atoms with Gasteiger partial charge in [-0.15, -0.1) is 0 Å². The number of aliphatic hydroxyl groups is 2. The number of quaternary nitrogens is 1. The molecule has 0 saturated carbocycles. The number of carbonyl (C=O) groups is 2. The van der Waals surface area contributed by atoms with E-state index in [9.17, 15) is 29.3 Å². The third-order valence-corrected chi connectivity index (χ3v) is 11.4. The highest BCUT2D eigenvalue weighted by Gasteiger charge is 2.21. The van der Waals surface area contributed by atoms with Gasteiger partial charge in [0.2, 0.25) is 0 Å². The van der Waals surface area contributed by atoms with Crippen molar-refractivity contribution < 1.29 is 52.3 Å². The molecule has 0 radical (unpaired) electrons. The Morgan fingerprint density at radius 3 is 1.69 bits per heavy atom. The minimum Gasteiger partial charge on any atom is -0.756 e. The summed E-state index contributed by atoms with van der Waals surface area (Å²) in [4.78, 5) is 37.7. The Hall–Kier alpha value is -2.63. The monoisotopic (exact) mass is 922 g/mol. The predicted molar refractivity (Wildman–Crippen MR) is 261 cm³/mol. The van der Waals surface area contributed by atoms with Gasteiger partial charge in [-0.1, -0.05) is 202 Å². The Bertz CT molecular complexity index is 1350. The highest BCUT2D eigenvalue weighted by atomic mass is 31.2. The van der Waals surface area contributed by atoms with Gasteiger partial charge in [0, 0.05) is 12.8 Å². The van der Waals surface area contributed by atoms with Crippen LogP contribution < -0.4 is 4.89 Å². The Balaban J connectivity index is 4.50. The van der Waals surface area contributed by atoms with Crippen LogP contribution in [-0.2, 0) is 32.7 Å². The van der Waals surface area contributed by atoms with Crippen LogP contribution in [0.3, 0.4) is 0 Å². The quantitative estimate of drug-likeness (QED) is 0.0151. The number of hydrogen-bond donors (Lipinski definition) is 2. The fraction of sp³-hybridized carbons (Fsp3) is 0.731. The van der Waals surface area contributed by atoms with E-state index in [1.54, 1.807) is 30.4 Å². The van der Waals surface area contributed by atoms with Crippen molar-refractivity contribution in [3.05, 3.63) is 72.9 Å². The molecule has 0 saturated heterocycles. The van der Waals surface area contributed by atoms with Gasteiger partial charge >= 0.3 is 11.9 Å². The van der Waals surface area contributed by atoms with Crippen molar-refractivity contribution in [3.63, 3.8) is 0 Å². The molecule has 1 unspecified atom stereocenters. The summed E-state index contributed by atoms with van der Waals surface area (Å²) >= 11 is 0. The summed E-state index contributed by atoms with van der Waals surface area (Å²) in [5.41, 5.74) is 0. The zero-order valence-corrected chi connectivity index (χ0v) is 41.8. The van der Waals surface area contributed by atoms with Gasteiger partial charge in [-0.05, 0) is 38.5 Å². The average Bonchev–Trinajstić information content (AvgIpc) is 3.24. The highest BCUT2D eigenvalue weighted by molar-refractivity contribution is 7.45. The first-order valence-corrected chi connectivity index (χ1v) is 26.3. The first-order chi connectivity index (χ1) is 30.8. The van der Waals surface area contributed by atoms with Crippen molar-refractivity contribution >= 4 is 19.8 Å². The number of rotatable bonds is 44. The molecule has 0 heterocycles. The molecule has 0 spiro atoms. The fourth-order valence-corrected chi connectivity index (χ4v) is 7.24. The van der Waals surface area contributed by atoms with E-state index >= 15 is 0 Å². The van der Waals surface area contributed by atoms with Gasteiger partial charge in [0.05, 0.1) is 40.0 Å². The third-order valence-electron chi connectivity index (χ3n) is 10.4. The first-order valence-electron chi connectivity index (χ1n) is 24.9. The van der Waals surface area contributed by atoms with Crippen molar-refractivity contribution in [2.75, 3.05) is 47.5 Å². The average molecular weight is 922 g/mol. The van der Waals surface area contributed by atoms with Crippen LogP contribution in [0.25, 0.3) is 0 Å². The van der Waals surface area contributed by atoms with Crippen LogP contribution in [0.4, 0.5) is 0 Å². The Kier molecular flexibility index (Phi) is 41.2. The van der Waals surface area contributed by atoms with Crippen LogP contribution in [0.2, 0.25) is 0 Å². The third kappa shape index (κ3) is 45.9. The summed E-state index contributed by atoms with van der Waals surface area (Å²) in [6.07, 6.45) is 47.2. The fourth-order valence-electron chi connectivity index (χ4n) is 6.51. The van der Waals surface area contributed by atoms with Crippen molar-refractivity contribution in [1.29, 1.82) is 0 Å². The van der Waals surface area contributed by atoms with Gasteiger partial charge in [0.1, 0.15) is 19.8 Å². The molecule has 0 bridgehead atoms. The van der Waals surface area contributed by atoms with Crippen LogP contribution in [0.15, 0.2) is 72.9 Å². The number of ether oxygens (including phenoxy) is 2. The summed E-state index contributed by atoms with van der Waals surface area (Å²) < 4.78 is 33.8. The number of aliphatic hydroxyl groups excluding tert-OH is 2. The summed E-state index contributed by atoms with van der Waals surface area (Å²) in [5, 5.41) is 20.0. The van der Waals surface area contributed by atoms with Crippen LogP contribution in [0, 0.1) is 0 Å². The molecule has 12 heteroatoms. The van der Waals surface area contributed by atoms with Gasteiger partial charge < -0.3 is 38.1 Å². The summed E-state index contributed by atoms with van der Waals surface area (Å²) in [6.45, 7) is 3.83. The maximum Gasteiger partial charge on any atom is 0.306 e. The molecule has 370 valence electrons. The maximum atomic E-state index is 12.7. The van der Waals surface area contributed by atoms with E-state index in [2.05, 4.69) is 13.8 Å². The zero-order chi connectivity index (χ0) is 47.4. The summed E-state index contributed by atoms with van der Waals surface area (Å²) in [5.74, 6) is -1.02. The second kappa shape index (κ2) is 43.0. The number of hydrogen-bond acceptors (Lipinski definition) is 10. The minimum absolute atomic E-state index is 0.0659. The molecule has 0 aromatic carbocycles. The number of phosphoric acid groups is 1. The zero-order valence-electron chi connectivity index (χ0n) is 40.9. The van der Waals surface area contributed by atoms with Gasteiger partial charge in [-0.2, -0.15) is 0 Å². The standard InChI is InChI=1S/C52H92NO10P/c1-6-8-10-11-12-13-14-15-16-17-18-19-20-21-22-23-27-30-36-43-52(57)63-50(47-62-64(58,59)61-45-44-53(3,4)5)46-60-51(56)42-37-31-35-41-49(55)40-34-29-26-24-25-28-33-39-48(54)38-32-9-7-2/h9,25-26,28-29,32-35,39-41,48-50,54-55H,6-8,10-24,27,30-31,36-38,42-47H2,1-5H3/b28-25-,29-26-,32-9-,39-33+,40-34+,41-35-/t48-,49-,50-/m1/s1. The van der Waals surface area contributed by atoms with Crippen molar-refractivity contribution in [2.24, 2.45) is 0 Å². The Morgan fingerprint density at radius 1 is 0.609 bits per heavy atom. The maximum absolute atomic E-state index is 12.7. The predicted octanol–water partition coefficient (Wildman–Crippen LogP) is 11.9. The number of phosphoric ester groups is 1. The molecule has 2 N–H and O–H groups in total. The molecule has 0 fully saturated rings. The lowest BCUT2D eigenvalue weighted by Gasteiger charge is -2.28. The van der Waals surface area contributed by atoms with Gasteiger partial charge in [-0.25, -0.2) is 0 Å². The number of esters is 2. The van der Waals surface area contributed by atoms with Gasteiger partial charge in [0.15, 0.2) is 6.10 Å². The van der Waals surface area contributed by atoms with Crippen LogP contribution in [0.1, 0.15) is 181 Å². The SMILES string of the molecule is CC/C=C\C[C@@H](O)/C=C/C=C\C/C=C\C=C\[C@@H](O)/C=C\CCCC(=O)OC[C@H](COP(=O)([O-])OCC[N+](C)(C)C)OC(=O)CCCCCCCCCCCCCCCCCCCCC. The largest absolute Gasteiger partial charge is 0.756 e. The van der Waals surface area contributed by atoms with Crippen LogP contribution in [-0.4, -0.2) is 92.5 Å². The van der Waals surface area contributed by atoms with E-state index in [1.807, 2.05) is 63.7 Å². The normalized spacial score (nSPS) is 15.1. The van der Waals surface area contributed by atoms with E-state index in [4.69, 9.17) is 18.5 Å². The molecule has 0 aromatic rings. The number of allylic oxidation sites excluding steroid dienone is 8. The molecule has 0 aliphatic carbocycles. The first kappa shape index (κ1) is 61.4. The number of likely N-dealkylation sites (N-methyl/N-ethyl adjacent to an activating group) is 1. The lowest BCUT2D eigenvalue weighted by molar-refractivity contribution is -0.870. The lowest BCUT2D eigenvalue weighted by atomic mass is 10.0. The van der Waals surface area contributed by atoms with Crippen molar-refractivity contribution in [3.8, 4) is 0 Å². The lowest BCUT2D eigenvalue weighted by Crippen LogP contribution is -2.37. The molecule has 0 amide bonds. The van der Waals surface area contributed by atoms with Crippen molar-refractivity contribution in [2.45, 2.75) is 199 Å². The molecule has 0 aliphatic rings. The highest BCUT2D eigenvalue weighted by Crippen LogP contribution is 2.38. The minimum atomic E-state index is -4.68.